The molecule has 22 heavy (non-hydrogen) atoms. The van der Waals surface area contributed by atoms with Crippen molar-refractivity contribution in [2.75, 3.05) is 6.54 Å². The van der Waals surface area contributed by atoms with Crippen LogP contribution in [0.3, 0.4) is 0 Å². The average molecular weight is 311 g/mol. The second kappa shape index (κ2) is 6.02. The van der Waals surface area contributed by atoms with Gasteiger partial charge in [-0.25, -0.2) is 0 Å². The van der Waals surface area contributed by atoms with Crippen LogP contribution in [0.15, 0.2) is 52.4 Å². The van der Waals surface area contributed by atoms with E-state index in [-0.39, 0.29) is 0 Å². The van der Waals surface area contributed by atoms with Gasteiger partial charge < -0.3 is 4.52 Å². The minimum absolute atomic E-state index is 0.493. The first-order valence-electron chi connectivity index (χ1n) is 7.55. The maximum absolute atomic E-state index is 5.45. The van der Waals surface area contributed by atoms with Crippen molar-refractivity contribution in [2.24, 2.45) is 0 Å². The van der Waals surface area contributed by atoms with Gasteiger partial charge in [0.2, 0.25) is 11.7 Å². The summed E-state index contributed by atoms with van der Waals surface area (Å²) in [4.78, 5) is 8.41. The van der Waals surface area contributed by atoms with E-state index < -0.39 is 0 Å². The quantitative estimate of drug-likeness (QED) is 0.726. The molecule has 1 aliphatic heterocycles. The summed E-state index contributed by atoms with van der Waals surface area (Å²) >= 11 is 1.83. The van der Waals surface area contributed by atoms with Crippen LogP contribution in [-0.2, 0) is 6.54 Å². The molecule has 3 heterocycles. The Morgan fingerprint density at radius 2 is 2.09 bits per heavy atom. The van der Waals surface area contributed by atoms with Gasteiger partial charge in [0, 0.05) is 16.5 Å². The van der Waals surface area contributed by atoms with E-state index in [0.29, 0.717) is 17.8 Å². The van der Waals surface area contributed by atoms with Crippen LogP contribution in [-0.4, -0.2) is 21.6 Å². The van der Waals surface area contributed by atoms with E-state index in [1.807, 2.05) is 41.7 Å². The highest BCUT2D eigenvalue weighted by molar-refractivity contribution is 7.10. The topological polar surface area (TPSA) is 42.2 Å². The molecule has 4 nitrogen and oxygen atoms in total. The lowest BCUT2D eigenvalue weighted by atomic mass is 10.2. The zero-order valence-electron chi connectivity index (χ0n) is 12.2. The van der Waals surface area contributed by atoms with Gasteiger partial charge in [0.1, 0.15) is 0 Å². The monoisotopic (exact) mass is 311 g/mol. The molecule has 0 spiro atoms. The summed E-state index contributed by atoms with van der Waals surface area (Å²) in [5.41, 5.74) is 0.994. The predicted molar refractivity (Wildman–Crippen MR) is 86.4 cm³/mol. The molecule has 4 rings (SSSR count). The Labute approximate surface area is 133 Å². The minimum Gasteiger partial charge on any atom is -0.338 e. The molecule has 1 atom stereocenters. The number of aromatic nitrogens is 2. The van der Waals surface area contributed by atoms with Crippen LogP contribution in [0.1, 0.15) is 29.7 Å². The third-order valence-electron chi connectivity index (χ3n) is 4.07. The van der Waals surface area contributed by atoms with Gasteiger partial charge in [0.25, 0.3) is 0 Å². The molecule has 0 unspecified atom stereocenters. The van der Waals surface area contributed by atoms with Crippen LogP contribution in [0.25, 0.3) is 11.4 Å². The highest BCUT2D eigenvalue weighted by atomic mass is 32.1. The third-order valence-corrected chi connectivity index (χ3v) is 5.05. The van der Waals surface area contributed by atoms with Gasteiger partial charge >= 0.3 is 0 Å². The molecule has 1 saturated heterocycles. The number of thiophene rings is 1. The Hall–Kier alpha value is -1.98. The summed E-state index contributed by atoms with van der Waals surface area (Å²) in [7, 11) is 0. The summed E-state index contributed by atoms with van der Waals surface area (Å²) < 4.78 is 5.45. The first-order valence-corrected chi connectivity index (χ1v) is 8.43. The van der Waals surface area contributed by atoms with Gasteiger partial charge in [-0.15, -0.1) is 11.3 Å². The predicted octanol–water partition coefficient (Wildman–Crippen LogP) is 4.14. The van der Waals surface area contributed by atoms with Crippen molar-refractivity contribution in [2.45, 2.75) is 25.4 Å². The van der Waals surface area contributed by atoms with Crippen LogP contribution < -0.4 is 0 Å². The van der Waals surface area contributed by atoms with Crippen molar-refractivity contribution in [3.05, 3.63) is 58.6 Å². The molecule has 0 aliphatic carbocycles. The van der Waals surface area contributed by atoms with Gasteiger partial charge in [-0.2, -0.15) is 4.98 Å². The van der Waals surface area contributed by atoms with Crippen LogP contribution in [0.2, 0.25) is 0 Å². The van der Waals surface area contributed by atoms with E-state index in [9.17, 15) is 0 Å². The maximum atomic E-state index is 5.45. The largest absolute Gasteiger partial charge is 0.338 e. The zero-order valence-corrected chi connectivity index (χ0v) is 13.0. The second-order valence-corrected chi connectivity index (χ2v) is 6.50. The molecule has 0 radical (unpaired) electrons. The first-order chi connectivity index (χ1) is 10.9. The van der Waals surface area contributed by atoms with E-state index in [4.69, 9.17) is 4.52 Å². The lowest BCUT2D eigenvalue weighted by Gasteiger charge is -2.21. The molecular weight excluding hydrogens is 294 g/mol. The molecule has 3 aromatic rings. The van der Waals surface area contributed by atoms with E-state index in [1.54, 1.807) is 0 Å². The Kier molecular flexibility index (Phi) is 3.74. The van der Waals surface area contributed by atoms with Crippen molar-refractivity contribution in [1.82, 2.24) is 15.0 Å². The van der Waals surface area contributed by atoms with Crippen LogP contribution in [0.5, 0.6) is 0 Å². The second-order valence-electron chi connectivity index (χ2n) is 5.52. The normalized spacial score (nSPS) is 18.8. The summed E-state index contributed by atoms with van der Waals surface area (Å²) in [6.45, 7) is 1.81. The van der Waals surface area contributed by atoms with E-state index >= 15 is 0 Å². The van der Waals surface area contributed by atoms with Gasteiger partial charge in [-0.1, -0.05) is 41.6 Å². The number of hydrogen-bond acceptors (Lipinski definition) is 5. The third kappa shape index (κ3) is 2.69. The Morgan fingerprint density at radius 3 is 2.91 bits per heavy atom. The fraction of sp³-hybridized carbons (Fsp3) is 0.294. The summed E-state index contributed by atoms with van der Waals surface area (Å²) in [6.07, 6.45) is 2.43. The molecule has 5 heteroatoms. The van der Waals surface area contributed by atoms with Gasteiger partial charge in [0.05, 0.1) is 6.54 Å². The number of nitrogens with zero attached hydrogens (tertiary/aromatic N) is 3. The number of rotatable bonds is 4. The fourth-order valence-electron chi connectivity index (χ4n) is 3.02. The van der Waals surface area contributed by atoms with Crippen molar-refractivity contribution in [3.63, 3.8) is 0 Å². The summed E-state index contributed by atoms with van der Waals surface area (Å²) in [5.74, 6) is 1.37. The Balaban J connectivity index is 1.51. The summed E-state index contributed by atoms with van der Waals surface area (Å²) in [6, 6.07) is 14.8. The van der Waals surface area contributed by atoms with Crippen molar-refractivity contribution >= 4 is 11.3 Å². The SMILES string of the molecule is c1ccc(-c2noc(CN3CCC[C@H]3c3cccs3)n2)cc1. The Morgan fingerprint density at radius 1 is 1.18 bits per heavy atom. The molecule has 0 N–H and O–H groups in total. The maximum Gasteiger partial charge on any atom is 0.241 e. The molecule has 0 amide bonds. The van der Waals surface area contributed by atoms with Crippen molar-refractivity contribution in [3.8, 4) is 11.4 Å². The lowest BCUT2D eigenvalue weighted by Crippen LogP contribution is -2.22. The number of hydrogen-bond donors (Lipinski definition) is 0. The first kappa shape index (κ1) is 13.7. The van der Waals surface area contributed by atoms with E-state index in [2.05, 4.69) is 32.6 Å². The van der Waals surface area contributed by atoms with Crippen molar-refractivity contribution < 1.29 is 4.52 Å². The van der Waals surface area contributed by atoms with Gasteiger partial charge in [-0.3, -0.25) is 4.90 Å². The van der Waals surface area contributed by atoms with E-state index in [1.165, 1.54) is 17.7 Å². The Bertz CT molecular complexity index is 723. The molecule has 0 bridgehead atoms. The molecule has 1 aromatic carbocycles. The fourth-order valence-corrected chi connectivity index (χ4v) is 3.91. The highest BCUT2D eigenvalue weighted by Gasteiger charge is 2.28. The van der Waals surface area contributed by atoms with Crippen LogP contribution in [0, 0.1) is 0 Å². The lowest BCUT2D eigenvalue weighted by molar-refractivity contribution is 0.214. The highest BCUT2D eigenvalue weighted by Crippen LogP contribution is 2.35. The standard InChI is InChI=1S/C17H17N3OS/c1-2-6-13(7-3-1)17-18-16(21-19-17)12-20-10-4-8-14(20)15-9-5-11-22-15/h1-3,5-7,9,11,14H,4,8,10,12H2/t14-/m0/s1. The molecule has 0 saturated carbocycles. The van der Waals surface area contributed by atoms with Gasteiger partial charge in [-0.05, 0) is 30.8 Å². The smallest absolute Gasteiger partial charge is 0.241 e. The average Bonchev–Trinajstić information content (AvgIpc) is 3.30. The zero-order chi connectivity index (χ0) is 14.8. The molecule has 1 aliphatic rings. The minimum atomic E-state index is 0.493. The molecule has 112 valence electrons. The van der Waals surface area contributed by atoms with E-state index in [0.717, 1.165) is 18.7 Å². The number of likely N-dealkylation sites (tertiary alicyclic amines) is 1. The van der Waals surface area contributed by atoms with Crippen LogP contribution >= 0.6 is 11.3 Å². The van der Waals surface area contributed by atoms with Crippen molar-refractivity contribution in [1.29, 1.82) is 0 Å². The number of benzene rings is 1. The summed E-state index contributed by atoms with van der Waals surface area (Å²) in [5, 5.41) is 6.25. The molecule has 1 fully saturated rings. The van der Waals surface area contributed by atoms with Gasteiger partial charge in [0.15, 0.2) is 0 Å². The van der Waals surface area contributed by atoms with Crippen LogP contribution in [0.4, 0.5) is 0 Å². The molecule has 2 aromatic heterocycles. The molecular formula is C17H17N3OS.